The van der Waals surface area contributed by atoms with Crippen LogP contribution in [0.4, 0.5) is 0 Å². The van der Waals surface area contributed by atoms with Crippen molar-refractivity contribution in [1.82, 2.24) is 9.97 Å². The van der Waals surface area contributed by atoms with Crippen LogP contribution in [0.15, 0.2) is 11.4 Å². The number of hydrogen-bond acceptors (Lipinski definition) is 3. The minimum atomic E-state index is 0.397. The molecule has 0 aliphatic rings. The molecule has 0 fully saturated rings. The number of fused-ring (bicyclic) bond motifs is 1. The molecule has 0 unspecified atom stereocenters. The van der Waals surface area contributed by atoms with Gasteiger partial charge in [0.2, 0.25) is 0 Å². The maximum Gasteiger partial charge on any atom is 0.132 e. The SMILES string of the molecule is CC(C)c1nc(C(C)C)c2ccsc2n1. The molecule has 15 heavy (non-hydrogen) atoms. The molecule has 0 atom stereocenters. The van der Waals surface area contributed by atoms with E-state index in [0.717, 1.165) is 10.7 Å². The van der Waals surface area contributed by atoms with Crippen molar-refractivity contribution in [2.45, 2.75) is 39.5 Å². The lowest BCUT2D eigenvalue weighted by molar-refractivity contribution is 0.744. The highest BCUT2D eigenvalue weighted by molar-refractivity contribution is 7.16. The Kier molecular flexibility index (Phi) is 2.74. The molecule has 0 saturated heterocycles. The zero-order valence-corrected chi connectivity index (χ0v) is 10.4. The molecule has 0 aliphatic carbocycles. The van der Waals surface area contributed by atoms with E-state index in [1.165, 1.54) is 11.1 Å². The Morgan fingerprint density at radius 1 is 1.07 bits per heavy atom. The summed E-state index contributed by atoms with van der Waals surface area (Å²) >= 11 is 1.70. The molecular weight excluding hydrogens is 204 g/mol. The van der Waals surface area contributed by atoms with E-state index in [9.17, 15) is 0 Å². The number of nitrogens with zero attached hydrogens (tertiary/aromatic N) is 2. The summed E-state index contributed by atoms with van der Waals surface area (Å²) in [5, 5.41) is 3.31. The summed E-state index contributed by atoms with van der Waals surface area (Å²) < 4.78 is 0. The van der Waals surface area contributed by atoms with Crippen LogP contribution in [0.1, 0.15) is 51.0 Å². The molecule has 3 heteroatoms. The van der Waals surface area contributed by atoms with Crippen molar-refractivity contribution < 1.29 is 0 Å². The van der Waals surface area contributed by atoms with Crippen LogP contribution in [0, 0.1) is 0 Å². The zero-order chi connectivity index (χ0) is 11.0. The van der Waals surface area contributed by atoms with E-state index in [1.54, 1.807) is 11.3 Å². The van der Waals surface area contributed by atoms with Crippen LogP contribution in [-0.4, -0.2) is 9.97 Å². The van der Waals surface area contributed by atoms with Crippen LogP contribution < -0.4 is 0 Å². The fourth-order valence-electron chi connectivity index (χ4n) is 1.59. The fraction of sp³-hybridized carbons (Fsp3) is 0.500. The van der Waals surface area contributed by atoms with Gasteiger partial charge in [-0.15, -0.1) is 11.3 Å². The monoisotopic (exact) mass is 220 g/mol. The first-order valence-electron chi connectivity index (χ1n) is 5.34. The van der Waals surface area contributed by atoms with Crippen LogP contribution in [0.3, 0.4) is 0 Å². The maximum atomic E-state index is 4.67. The van der Waals surface area contributed by atoms with Crippen molar-refractivity contribution in [2.75, 3.05) is 0 Å². The van der Waals surface area contributed by atoms with Crippen LogP contribution in [0.25, 0.3) is 10.2 Å². The van der Waals surface area contributed by atoms with Crippen LogP contribution in [0.2, 0.25) is 0 Å². The highest BCUT2D eigenvalue weighted by Crippen LogP contribution is 2.27. The van der Waals surface area contributed by atoms with E-state index in [4.69, 9.17) is 0 Å². The van der Waals surface area contributed by atoms with Gasteiger partial charge < -0.3 is 0 Å². The van der Waals surface area contributed by atoms with E-state index in [1.807, 2.05) is 0 Å². The second-order valence-corrected chi connectivity index (χ2v) is 5.31. The molecule has 2 aromatic heterocycles. The average molecular weight is 220 g/mol. The molecule has 0 aromatic carbocycles. The summed E-state index contributed by atoms with van der Waals surface area (Å²) in [7, 11) is 0. The van der Waals surface area contributed by atoms with Gasteiger partial charge >= 0.3 is 0 Å². The first-order chi connectivity index (χ1) is 7.09. The van der Waals surface area contributed by atoms with Crippen molar-refractivity contribution in [3.63, 3.8) is 0 Å². The highest BCUT2D eigenvalue weighted by Gasteiger charge is 2.13. The Labute approximate surface area is 94.4 Å². The van der Waals surface area contributed by atoms with Gasteiger partial charge in [0.05, 0.1) is 5.69 Å². The number of aromatic nitrogens is 2. The molecule has 80 valence electrons. The molecule has 2 rings (SSSR count). The van der Waals surface area contributed by atoms with Crippen LogP contribution in [0.5, 0.6) is 0 Å². The van der Waals surface area contributed by atoms with Gasteiger partial charge in [-0.05, 0) is 17.4 Å². The highest BCUT2D eigenvalue weighted by atomic mass is 32.1. The quantitative estimate of drug-likeness (QED) is 0.766. The molecule has 2 heterocycles. The Balaban J connectivity index is 2.69. The van der Waals surface area contributed by atoms with E-state index in [-0.39, 0.29) is 0 Å². The predicted octanol–water partition coefficient (Wildman–Crippen LogP) is 3.94. The molecule has 0 N–H and O–H groups in total. The fourth-order valence-corrected chi connectivity index (χ4v) is 2.37. The normalized spacial score (nSPS) is 11.9. The van der Waals surface area contributed by atoms with Gasteiger partial charge in [-0.25, -0.2) is 9.97 Å². The summed E-state index contributed by atoms with van der Waals surface area (Å²) in [6.07, 6.45) is 0. The molecule has 0 amide bonds. The standard InChI is InChI=1S/C12H16N2S/c1-7(2)10-9-5-6-15-12(9)14-11(13-10)8(3)4/h5-8H,1-4H3. The third-order valence-electron chi connectivity index (χ3n) is 2.44. The number of hydrogen-bond donors (Lipinski definition) is 0. The zero-order valence-electron chi connectivity index (χ0n) is 9.61. The lowest BCUT2D eigenvalue weighted by atomic mass is 10.1. The Morgan fingerprint density at radius 3 is 2.40 bits per heavy atom. The number of thiophene rings is 1. The first kappa shape index (κ1) is 10.6. The van der Waals surface area contributed by atoms with Gasteiger partial charge in [0.25, 0.3) is 0 Å². The molecular formula is C12H16N2S. The minimum Gasteiger partial charge on any atom is -0.237 e. The predicted molar refractivity (Wildman–Crippen MR) is 65.6 cm³/mol. The summed E-state index contributed by atoms with van der Waals surface area (Å²) in [6, 6.07) is 2.12. The topological polar surface area (TPSA) is 25.8 Å². The molecule has 0 spiro atoms. The van der Waals surface area contributed by atoms with E-state index < -0.39 is 0 Å². The summed E-state index contributed by atoms with van der Waals surface area (Å²) in [6.45, 7) is 8.64. The third kappa shape index (κ3) is 1.88. The van der Waals surface area contributed by atoms with Gasteiger partial charge in [0.1, 0.15) is 10.7 Å². The van der Waals surface area contributed by atoms with Crippen molar-refractivity contribution in [3.05, 3.63) is 23.0 Å². The van der Waals surface area contributed by atoms with Crippen molar-refractivity contribution >= 4 is 21.6 Å². The number of rotatable bonds is 2. The minimum absolute atomic E-state index is 0.397. The van der Waals surface area contributed by atoms with Gasteiger partial charge in [-0.3, -0.25) is 0 Å². The van der Waals surface area contributed by atoms with Crippen molar-refractivity contribution in [3.8, 4) is 0 Å². The van der Waals surface area contributed by atoms with Gasteiger partial charge in [-0.2, -0.15) is 0 Å². The van der Waals surface area contributed by atoms with Crippen molar-refractivity contribution in [2.24, 2.45) is 0 Å². The van der Waals surface area contributed by atoms with E-state index in [0.29, 0.717) is 11.8 Å². The maximum absolute atomic E-state index is 4.67. The largest absolute Gasteiger partial charge is 0.237 e. The third-order valence-corrected chi connectivity index (χ3v) is 3.24. The molecule has 0 bridgehead atoms. The summed E-state index contributed by atoms with van der Waals surface area (Å²) in [5.41, 5.74) is 1.19. The Morgan fingerprint density at radius 2 is 1.80 bits per heavy atom. The van der Waals surface area contributed by atoms with Crippen LogP contribution in [-0.2, 0) is 0 Å². The van der Waals surface area contributed by atoms with Crippen LogP contribution >= 0.6 is 11.3 Å². The summed E-state index contributed by atoms with van der Waals surface area (Å²) in [4.78, 5) is 10.4. The second-order valence-electron chi connectivity index (χ2n) is 4.42. The first-order valence-corrected chi connectivity index (χ1v) is 6.22. The van der Waals surface area contributed by atoms with Gasteiger partial charge in [-0.1, -0.05) is 27.7 Å². The second kappa shape index (κ2) is 3.89. The lowest BCUT2D eigenvalue weighted by Gasteiger charge is -2.10. The van der Waals surface area contributed by atoms with Gasteiger partial charge in [0.15, 0.2) is 0 Å². The molecule has 0 aliphatic heterocycles. The van der Waals surface area contributed by atoms with Crippen molar-refractivity contribution in [1.29, 1.82) is 0 Å². The Hall–Kier alpha value is -0.960. The smallest absolute Gasteiger partial charge is 0.132 e. The molecule has 0 radical (unpaired) electrons. The van der Waals surface area contributed by atoms with E-state index >= 15 is 0 Å². The molecule has 2 aromatic rings. The molecule has 0 saturated carbocycles. The molecule has 2 nitrogen and oxygen atoms in total. The lowest BCUT2D eigenvalue weighted by Crippen LogP contribution is -2.02. The van der Waals surface area contributed by atoms with E-state index in [2.05, 4.69) is 49.1 Å². The summed E-state index contributed by atoms with van der Waals surface area (Å²) in [5.74, 6) is 1.82. The van der Waals surface area contributed by atoms with Gasteiger partial charge in [0, 0.05) is 11.3 Å². The Bertz CT molecular complexity index is 471. The average Bonchev–Trinajstić information content (AvgIpc) is 2.62.